The summed E-state index contributed by atoms with van der Waals surface area (Å²) in [5, 5.41) is 4.93. The van der Waals surface area contributed by atoms with Crippen LogP contribution in [0.5, 0.6) is 0 Å². The van der Waals surface area contributed by atoms with Crippen molar-refractivity contribution in [3.8, 4) is 0 Å². The summed E-state index contributed by atoms with van der Waals surface area (Å²) in [6.45, 7) is 2.25. The van der Waals surface area contributed by atoms with Gasteiger partial charge in [-0.15, -0.1) is 0 Å². The predicted octanol–water partition coefficient (Wildman–Crippen LogP) is 3.96. The number of hydrogen-bond acceptors (Lipinski definition) is 3. The fourth-order valence-electron chi connectivity index (χ4n) is 2.71. The molecule has 1 aliphatic heterocycles. The average molecular weight is 254 g/mol. The lowest BCUT2D eigenvalue weighted by Gasteiger charge is -2.26. The Morgan fingerprint density at radius 2 is 1.82 bits per heavy atom. The first-order chi connectivity index (χ1) is 8.38. The molecule has 2 rings (SSSR count). The maximum absolute atomic E-state index is 4.82. The number of aliphatic imine (C=N–C) groups is 1. The van der Waals surface area contributed by atoms with Crippen LogP contribution in [-0.2, 0) is 0 Å². The highest BCUT2D eigenvalue weighted by Gasteiger charge is 2.17. The second-order valence-electron chi connectivity index (χ2n) is 5.32. The highest BCUT2D eigenvalue weighted by Crippen LogP contribution is 2.21. The van der Waals surface area contributed by atoms with E-state index in [1.54, 1.807) is 0 Å². The quantitative estimate of drug-likeness (QED) is 0.806. The molecule has 0 aromatic carbocycles. The SMILES string of the molecule is CCC1CCSC(NC2CCCCCCC2)=N1. The smallest absolute Gasteiger partial charge is 0.157 e. The second-order valence-corrected chi connectivity index (χ2v) is 6.40. The van der Waals surface area contributed by atoms with Gasteiger partial charge in [-0.1, -0.05) is 50.8 Å². The van der Waals surface area contributed by atoms with E-state index in [0.717, 1.165) is 0 Å². The van der Waals surface area contributed by atoms with Gasteiger partial charge in [0.25, 0.3) is 0 Å². The summed E-state index contributed by atoms with van der Waals surface area (Å²) in [5.74, 6) is 1.25. The minimum absolute atomic E-state index is 0.576. The van der Waals surface area contributed by atoms with Crippen molar-refractivity contribution in [2.24, 2.45) is 4.99 Å². The van der Waals surface area contributed by atoms with Gasteiger partial charge >= 0.3 is 0 Å². The molecule has 0 aromatic heterocycles. The van der Waals surface area contributed by atoms with Crippen molar-refractivity contribution >= 4 is 16.9 Å². The van der Waals surface area contributed by atoms with Crippen molar-refractivity contribution in [3.63, 3.8) is 0 Å². The van der Waals surface area contributed by atoms with Gasteiger partial charge in [-0.3, -0.25) is 4.99 Å². The number of amidine groups is 1. The Bertz CT molecular complexity index is 245. The van der Waals surface area contributed by atoms with E-state index in [2.05, 4.69) is 12.2 Å². The molecule has 0 spiro atoms. The molecule has 1 heterocycles. The monoisotopic (exact) mass is 254 g/mol. The molecule has 0 saturated heterocycles. The van der Waals surface area contributed by atoms with Crippen LogP contribution in [0.15, 0.2) is 4.99 Å². The molecule has 17 heavy (non-hydrogen) atoms. The molecule has 1 N–H and O–H groups in total. The summed E-state index contributed by atoms with van der Waals surface area (Å²) in [6.07, 6.45) is 12.2. The highest BCUT2D eigenvalue weighted by molar-refractivity contribution is 8.13. The topological polar surface area (TPSA) is 24.4 Å². The summed E-state index contributed by atoms with van der Waals surface area (Å²) in [7, 11) is 0. The Balaban J connectivity index is 1.83. The van der Waals surface area contributed by atoms with Gasteiger partial charge in [0.2, 0.25) is 0 Å². The molecule has 1 aliphatic carbocycles. The summed E-state index contributed by atoms with van der Waals surface area (Å²) in [4.78, 5) is 4.82. The molecule has 2 nitrogen and oxygen atoms in total. The van der Waals surface area contributed by atoms with E-state index in [0.29, 0.717) is 12.1 Å². The van der Waals surface area contributed by atoms with Crippen molar-refractivity contribution in [1.29, 1.82) is 0 Å². The summed E-state index contributed by atoms with van der Waals surface area (Å²) < 4.78 is 0. The molecule has 98 valence electrons. The number of rotatable bonds is 2. The molecule has 3 heteroatoms. The van der Waals surface area contributed by atoms with Crippen LogP contribution in [0.4, 0.5) is 0 Å². The van der Waals surface area contributed by atoms with Gasteiger partial charge in [0.1, 0.15) is 0 Å². The van der Waals surface area contributed by atoms with Crippen molar-refractivity contribution < 1.29 is 0 Å². The number of nitrogens with zero attached hydrogens (tertiary/aromatic N) is 1. The van der Waals surface area contributed by atoms with E-state index >= 15 is 0 Å². The van der Waals surface area contributed by atoms with E-state index in [9.17, 15) is 0 Å². The first-order valence-corrected chi connectivity index (χ1v) is 8.34. The van der Waals surface area contributed by atoms with Crippen molar-refractivity contribution in [3.05, 3.63) is 0 Å². The van der Waals surface area contributed by atoms with E-state index in [1.165, 1.54) is 68.7 Å². The van der Waals surface area contributed by atoms with Gasteiger partial charge in [0.05, 0.1) is 6.04 Å². The maximum Gasteiger partial charge on any atom is 0.157 e. The summed E-state index contributed by atoms with van der Waals surface area (Å²) >= 11 is 1.93. The third-order valence-electron chi connectivity index (χ3n) is 3.89. The van der Waals surface area contributed by atoms with Crippen LogP contribution in [0, 0.1) is 0 Å². The normalized spacial score (nSPS) is 28.1. The third kappa shape index (κ3) is 4.53. The van der Waals surface area contributed by atoms with E-state index in [-0.39, 0.29) is 0 Å². The number of thioether (sulfide) groups is 1. The van der Waals surface area contributed by atoms with E-state index < -0.39 is 0 Å². The standard InChI is InChI=1S/C14H26N2S/c1-2-12-10-11-17-14(15-12)16-13-8-6-4-3-5-7-9-13/h12-13H,2-11H2,1H3,(H,15,16). The van der Waals surface area contributed by atoms with Gasteiger partial charge in [-0.25, -0.2) is 0 Å². The average Bonchev–Trinajstić information content (AvgIpc) is 2.33. The zero-order valence-corrected chi connectivity index (χ0v) is 11.9. The number of hydrogen-bond donors (Lipinski definition) is 1. The lowest BCUT2D eigenvalue weighted by molar-refractivity contribution is 0.429. The van der Waals surface area contributed by atoms with Gasteiger partial charge in [0, 0.05) is 11.8 Å². The Labute approximate surface area is 110 Å². The van der Waals surface area contributed by atoms with Crippen LogP contribution < -0.4 is 5.32 Å². The Morgan fingerprint density at radius 3 is 2.53 bits per heavy atom. The van der Waals surface area contributed by atoms with Gasteiger partial charge in [-0.05, 0) is 25.7 Å². The van der Waals surface area contributed by atoms with Gasteiger partial charge < -0.3 is 5.32 Å². The summed E-state index contributed by atoms with van der Waals surface area (Å²) in [5.41, 5.74) is 0. The molecule has 1 fully saturated rings. The molecule has 1 saturated carbocycles. The highest BCUT2D eigenvalue weighted by atomic mass is 32.2. The van der Waals surface area contributed by atoms with Crippen LogP contribution >= 0.6 is 11.8 Å². The van der Waals surface area contributed by atoms with Crippen LogP contribution in [-0.4, -0.2) is 23.0 Å². The van der Waals surface area contributed by atoms with Crippen LogP contribution in [0.2, 0.25) is 0 Å². The lowest BCUT2D eigenvalue weighted by Crippen LogP contribution is -2.36. The van der Waals surface area contributed by atoms with E-state index in [1.807, 2.05) is 11.8 Å². The molecule has 0 radical (unpaired) electrons. The minimum atomic E-state index is 0.576. The van der Waals surface area contributed by atoms with Crippen LogP contribution in [0.1, 0.15) is 64.7 Å². The zero-order valence-electron chi connectivity index (χ0n) is 11.1. The van der Waals surface area contributed by atoms with Gasteiger partial charge in [-0.2, -0.15) is 0 Å². The van der Waals surface area contributed by atoms with Crippen molar-refractivity contribution in [2.45, 2.75) is 76.8 Å². The molecule has 0 amide bonds. The fraction of sp³-hybridized carbons (Fsp3) is 0.929. The third-order valence-corrected chi connectivity index (χ3v) is 4.83. The molecule has 0 bridgehead atoms. The lowest BCUT2D eigenvalue weighted by atomic mass is 9.97. The Morgan fingerprint density at radius 1 is 1.12 bits per heavy atom. The number of nitrogens with one attached hydrogen (secondary N) is 1. The maximum atomic E-state index is 4.82. The molecule has 1 unspecified atom stereocenters. The zero-order chi connectivity index (χ0) is 11.9. The summed E-state index contributed by atoms with van der Waals surface area (Å²) in [6, 6.07) is 1.27. The molecule has 1 atom stereocenters. The first kappa shape index (κ1) is 13.3. The molecular formula is C14H26N2S. The first-order valence-electron chi connectivity index (χ1n) is 7.35. The van der Waals surface area contributed by atoms with Crippen LogP contribution in [0.3, 0.4) is 0 Å². The van der Waals surface area contributed by atoms with E-state index in [4.69, 9.17) is 4.99 Å². The van der Waals surface area contributed by atoms with Crippen LogP contribution in [0.25, 0.3) is 0 Å². The van der Waals surface area contributed by atoms with Crippen molar-refractivity contribution in [2.75, 3.05) is 5.75 Å². The fourth-order valence-corrected chi connectivity index (χ4v) is 3.77. The predicted molar refractivity (Wildman–Crippen MR) is 77.8 cm³/mol. The van der Waals surface area contributed by atoms with Gasteiger partial charge in [0.15, 0.2) is 5.17 Å². The second kappa shape index (κ2) is 7.30. The molecule has 2 aliphatic rings. The molecule has 0 aromatic rings. The Kier molecular flexibility index (Phi) is 5.69. The molecular weight excluding hydrogens is 228 g/mol. The minimum Gasteiger partial charge on any atom is -0.362 e. The largest absolute Gasteiger partial charge is 0.362 e. The van der Waals surface area contributed by atoms with Crippen molar-refractivity contribution in [1.82, 2.24) is 5.32 Å². The Hall–Kier alpha value is -0.180.